The average Bonchev–Trinajstić information content (AvgIpc) is 2.74. The van der Waals surface area contributed by atoms with E-state index in [4.69, 9.17) is 5.73 Å². The van der Waals surface area contributed by atoms with Gasteiger partial charge in [0, 0.05) is 40.9 Å². The van der Waals surface area contributed by atoms with Gasteiger partial charge in [-0.3, -0.25) is 19.9 Å². The van der Waals surface area contributed by atoms with E-state index < -0.39 is 0 Å². The average molecular weight is 432 g/mol. The van der Waals surface area contributed by atoms with Gasteiger partial charge in [-0.05, 0) is 30.3 Å². The number of fused-ring (bicyclic) bond motifs is 2. The molecule has 136 valence electrons. The highest BCUT2D eigenvalue weighted by Crippen LogP contribution is 2.21. The molecule has 3 aromatic heterocycles. The summed E-state index contributed by atoms with van der Waals surface area (Å²) in [5, 5.41) is 0. The molecule has 0 aliphatic heterocycles. The molecule has 2 N–H and O–H groups in total. The fraction of sp³-hybridized carbons (Fsp3) is 0. The maximum absolute atomic E-state index is 5.63. The van der Waals surface area contributed by atoms with Gasteiger partial charge in [0.1, 0.15) is 12.1 Å². The van der Waals surface area contributed by atoms with E-state index in [-0.39, 0.29) is 0 Å². The quantitative estimate of drug-likeness (QED) is 0.426. The van der Waals surface area contributed by atoms with Gasteiger partial charge in [-0.25, -0.2) is 9.97 Å². The fourth-order valence-corrected chi connectivity index (χ4v) is 2.94. The molecule has 0 radical (unpaired) electrons. The van der Waals surface area contributed by atoms with E-state index >= 15 is 0 Å². The molecular formula is C20H14BrN7. The smallest absolute Gasteiger partial charge is 0.127 e. The normalized spacial score (nSPS) is 10.5. The van der Waals surface area contributed by atoms with E-state index in [1.165, 1.54) is 6.33 Å². The van der Waals surface area contributed by atoms with E-state index in [2.05, 4.69) is 45.8 Å². The van der Waals surface area contributed by atoms with Crippen LogP contribution in [-0.2, 0) is 0 Å². The highest BCUT2D eigenvalue weighted by Gasteiger charge is 2.02. The van der Waals surface area contributed by atoms with Crippen molar-refractivity contribution in [1.82, 2.24) is 29.9 Å². The molecule has 0 spiro atoms. The molecule has 3 heterocycles. The third kappa shape index (κ3) is 4.07. The first-order valence-electron chi connectivity index (χ1n) is 8.34. The van der Waals surface area contributed by atoms with Crippen molar-refractivity contribution in [3.63, 3.8) is 0 Å². The van der Waals surface area contributed by atoms with Gasteiger partial charge in [0.15, 0.2) is 0 Å². The molecule has 2 aromatic carbocycles. The second-order valence-corrected chi connectivity index (χ2v) is 6.69. The maximum Gasteiger partial charge on any atom is 0.127 e. The third-order valence-corrected chi connectivity index (χ3v) is 4.38. The maximum atomic E-state index is 5.63. The Morgan fingerprint density at radius 3 is 1.89 bits per heavy atom. The van der Waals surface area contributed by atoms with Gasteiger partial charge in [-0.1, -0.05) is 22.0 Å². The summed E-state index contributed by atoms with van der Waals surface area (Å²) < 4.78 is 1.03. The third-order valence-electron chi connectivity index (χ3n) is 3.88. The van der Waals surface area contributed by atoms with Crippen molar-refractivity contribution < 1.29 is 0 Å². The molecule has 0 aliphatic carbocycles. The lowest BCUT2D eigenvalue weighted by Crippen LogP contribution is -1.93. The van der Waals surface area contributed by atoms with Crippen molar-refractivity contribution in [1.29, 1.82) is 0 Å². The number of nitrogens with zero attached hydrogens (tertiary/aromatic N) is 6. The van der Waals surface area contributed by atoms with Crippen LogP contribution in [0.3, 0.4) is 0 Å². The Morgan fingerprint density at radius 2 is 1.21 bits per heavy atom. The molecule has 28 heavy (non-hydrogen) atoms. The molecule has 0 saturated heterocycles. The first-order chi connectivity index (χ1) is 13.7. The van der Waals surface area contributed by atoms with Crippen molar-refractivity contribution in [3.05, 3.63) is 78.1 Å². The van der Waals surface area contributed by atoms with Crippen molar-refractivity contribution in [2.45, 2.75) is 0 Å². The zero-order valence-corrected chi connectivity index (χ0v) is 16.2. The molecule has 0 amide bonds. The predicted octanol–water partition coefficient (Wildman–Crippen LogP) is 4.06. The van der Waals surface area contributed by atoms with Crippen LogP contribution in [0.4, 0.5) is 5.82 Å². The second kappa shape index (κ2) is 8.01. The number of halogens is 1. The Hall–Kier alpha value is -3.52. The Morgan fingerprint density at radius 1 is 0.607 bits per heavy atom. The SMILES string of the molecule is Brc1ccc2nccnc2c1.Nc1cc(-c2ccc3nccnc3c2)ncn1. The first kappa shape index (κ1) is 17.9. The van der Waals surface area contributed by atoms with E-state index in [9.17, 15) is 0 Å². The van der Waals surface area contributed by atoms with Gasteiger partial charge in [-0.2, -0.15) is 0 Å². The highest BCUT2D eigenvalue weighted by atomic mass is 79.9. The number of rotatable bonds is 1. The summed E-state index contributed by atoms with van der Waals surface area (Å²) in [6.07, 6.45) is 8.17. The fourth-order valence-electron chi connectivity index (χ4n) is 2.59. The number of hydrogen-bond donors (Lipinski definition) is 1. The van der Waals surface area contributed by atoms with Crippen LogP contribution in [0, 0.1) is 0 Å². The topological polar surface area (TPSA) is 103 Å². The molecule has 5 aromatic rings. The number of anilines is 1. The molecule has 0 bridgehead atoms. The number of nitrogens with two attached hydrogens (primary N) is 1. The molecule has 0 atom stereocenters. The number of aromatic nitrogens is 6. The van der Waals surface area contributed by atoms with Crippen molar-refractivity contribution in [2.75, 3.05) is 5.73 Å². The van der Waals surface area contributed by atoms with Crippen molar-refractivity contribution in [3.8, 4) is 11.3 Å². The van der Waals surface area contributed by atoms with Crippen LogP contribution in [0.25, 0.3) is 33.3 Å². The standard InChI is InChI=1S/C12H9N5.C8H5BrN2/c13-12-6-10(16-7-17-12)8-1-2-9-11(5-8)15-4-3-14-9;9-6-1-2-7-8(5-6)11-4-3-10-7/h1-7H,(H2,13,16,17);1-5H. The van der Waals surface area contributed by atoms with Crippen molar-refractivity contribution in [2.24, 2.45) is 0 Å². The molecular weight excluding hydrogens is 418 g/mol. The Labute approximate surface area is 168 Å². The summed E-state index contributed by atoms with van der Waals surface area (Å²) in [7, 11) is 0. The lowest BCUT2D eigenvalue weighted by Gasteiger charge is -2.02. The van der Waals surface area contributed by atoms with Gasteiger partial charge < -0.3 is 5.73 Å². The van der Waals surface area contributed by atoms with Gasteiger partial charge >= 0.3 is 0 Å². The summed E-state index contributed by atoms with van der Waals surface area (Å²) >= 11 is 3.36. The van der Waals surface area contributed by atoms with Gasteiger partial charge in [0.05, 0.1) is 27.8 Å². The molecule has 0 saturated carbocycles. The first-order valence-corrected chi connectivity index (χ1v) is 9.13. The summed E-state index contributed by atoms with van der Waals surface area (Å²) in [6, 6.07) is 13.4. The molecule has 0 unspecified atom stereocenters. The minimum absolute atomic E-state index is 0.453. The van der Waals surface area contributed by atoms with Gasteiger partial charge in [0.25, 0.3) is 0 Å². The lowest BCUT2D eigenvalue weighted by atomic mass is 10.1. The van der Waals surface area contributed by atoms with E-state index in [0.717, 1.165) is 37.8 Å². The van der Waals surface area contributed by atoms with Crippen LogP contribution in [-0.4, -0.2) is 29.9 Å². The van der Waals surface area contributed by atoms with Crippen LogP contribution in [0.1, 0.15) is 0 Å². The zero-order chi connectivity index (χ0) is 19.3. The van der Waals surface area contributed by atoms with Gasteiger partial charge in [0.2, 0.25) is 0 Å². The molecule has 7 nitrogen and oxygen atoms in total. The molecule has 8 heteroatoms. The molecule has 5 rings (SSSR count). The van der Waals surface area contributed by atoms with Crippen LogP contribution < -0.4 is 5.73 Å². The largest absolute Gasteiger partial charge is 0.384 e. The van der Waals surface area contributed by atoms with Crippen LogP contribution >= 0.6 is 15.9 Å². The molecule has 0 fully saturated rings. The zero-order valence-electron chi connectivity index (χ0n) is 14.6. The Kier molecular flexibility index (Phi) is 5.11. The summed E-state index contributed by atoms with van der Waals surface area (Å²) in [6.45, 7) is 0. The number of hydrogen-bond acceptors (Lipinski definition) is 7. The lowest BCUT2D eigenvalue weighted by molar-refractivity contribution is 1.18. The van der Waals surface area contributed by atoms with Crippen LogP contribution in [0.2, 0.25) is 0 Å². The number of benzene rings is 2. The minimum atomic E-state index is 0.453. The summed E-state index contributed by atoms with van der Waals surface area (Å²) in [4.78, 5) is 24.8. The second-order valence-electron chi connectivity index (χ2n) is 5.78. The number of nitrogen functional groups attached to an aromatic ring is 1. The monoisotopic (exact) mass is 431 g/mol. The van der Waals surface area contributed by atoms with E-state index in [0.29, 0.717) is 5.82 Å². The highest BCUT2D eigenvalue weighted by molar-refractivity contribution is 9.10. The Balaban J connectivity index is 0.000000151. The Bertz CT molecular complexity index is 1260. The van der Waals surface area contributed by atoms with E-state index in [1.807, 2.05) is 36.4 Å². The van der Waals surface area contributed by atoms with Crippen molar-refractivity contribution >= 4 is 43.8 Å². The minimum Gasteiger partial charge on any atom is -0.384 e. The molecule has 0 aliphatic rings. The van der Waals surface area contributed by atoms with Crippen LogP contribution in [0.5, 0.6) is 0 Å². The van der Waals surface area contributed by atoms with E-state index in [1.54, 1.807) is 30.9 Å². The van der Waals surface area contributed by atoms with Crippen LogP contribution in [0.15, 0.2) is 78.1 Å². The summed E-state index contributed by atoms with van der Waals surface area (Å²) in [5.74, 6) is 0.453. The predicted molar refractivity (Wildman–Crippen MR) is 112 cm³/mol. The summed E-state index contributed by atoms with van der Waals surface area (Å²) in [5.41, 5.74) is 10.9. The van der Waals surface area contributed by atoms with Gasteiger partial charge in [-0.15, -0.1) is 0 Å².